The van der Waals surface area contributed by atoms with E-state index in [1.807, 2.05) is 30.3 Å². The van der Waals surface area contributed by atoms with Gasteiger partial charge in [-0.15, -0.1) is 0 Å². The van der Waals surface area contributed by atoms with Crippen LogP contribution < -0.4 is 14.8 Å². The lowest BCUT2D eigenvalue weighted by atomic mass is 10.1. The molecule has 0 aromatic heterocycles. The standard InChI is InChI=1S/C23H23ClINO2/c1-15-8-9-16(2)21(10-15)26-13-17-11-20(25)23(22(12-17)27-3)28-14-18-6-4-5-7-19(18)24/h4-12,26H,13-14H2,1-3H3. The van der Waals surface area contributed by atoms with Gasteiger partial charge in [-0.1, -0.05) is 41.9 Å². The Balaban J connectivity index is 1.75. The molecule has 0 aliphatic rings. The Bertz CT molecular complexity index is 975. The van der Waals surface area contributed by atoms with Crippen LogP contribution in [0, 0.1) is 17.4 Å². The van der Waals surface area contributed by atoms with Crippen molar-refractivity contribution in [2.75, 3.05) is 12.4 Å². The number of nitrogens with one attached hydrogen (secondary N) is 1. The third-order valence-electron chi connectivity index (χ3n) is 4.50. The summed E-state index contributed by atoms with van der Waals surface area (Å²) in [6, 6.07) is 18.2. The fourth-order valence-corrected chi connectivity index (χ4v) is 3.92. The number of aryl methyl sites for hydroxylation is 2. The van der Waals surface area contributed by atoms with Crippen molar-refractivity contribution in [1.82, 2.24) is 0 Å². The molecular formula is C23H23ClINO2. The molecule has 146 valence electrons. The van der Waals surface area contributed by atoms with Crippen LogP contribution in [0.3, 0.4) is 0 Å². The molecule has 3 aromatic carbocycles. The highest BCUT2D eigenvalue weighted by molar-refractivity contribution is 14.1. The zero-order valence-corrected chi connectivity index (χ0v) is 19.1. The second kappa shape index (κ2) is 9.52. The fourth-order valence-electron chi connectivity index (χ4n) is 2.90. The summed E-state index contributed by atoms with van der Waals surface area (Å²) in [5, 5.41) is 4.22. The summed E-state index contributed by atoms with van der Waals surface area (Å²) in [7, 11) is 1.66. The minimum absolute atomic E-state index is 0.395. The highest BCUT2D eigenvalue weighted by atomic mass is 127. The number of ether oxygens (including phenoxy) is 2. The average molecular weight is 508 g/mol. The van der Waals surface area contributed by atoms with Crippen molar-refractivity contribution in [3.8, 4) is 11.5 Å². The number of hydrogen-bond acceptors (Lipinski definition) is 3. The molecule has 28 heavy (non-hydrogen) atoms. The van der Waals surface area contributed by atoms with Gasteiger partial charge in [-0.05, 0) is 77.4 Å². The minimum Gasteiger partial charge on any atom is -0.493 e. The van der Waals surface area contributed by atoms with E-state index < -0.39 is 0 Å². The smallest absolute Gasteiger partial charge is 0.174 e. The Kier molecular flexibility index (Phi) is 7.08. The van der Waals surface area contributed by atoms with Crippen molar-refractivity contribution in [3.05, 3.63) is 85.4 Å². The zero-order valence-electron chi connectivity index (χ0n) is 16.2. The second-order valence-corrected chi connectivity index (χ2v) is 8.23. The van der Waals surface area contributed by atoms with E-state index >= 15 is 0 Å². The van der Waals surface area contributed by atoms with Crippen LogP contribution in [0.15, 0.2) is 54.6 Å². The van der Waals surface area contributed by atoms with Crippen LogP contribution in [-0.2, 0) is 13.2 Å². The molecule has 5 heteroatoms. The van der Waals surface area contributed by atoms with Crippen molar-refractivity contribution in [2.24, 2.45) is 0 Å². The van der Waals surface area contributed by atoms with Gasteiger partial charge in [-0.3, -0.25) is 0 Å². The van der Waals surface area contributed by atoms with Crippen molar-refractivity contribution in [1.29, 1.82) is 0 Å². The maximum atomic E-state index is 6.23. The number of methoxy groups -OCH3 is 1. The van der Waals surface area contributed by atoms with Gasteiger partial charge in [0.2, 0.25) is 0 Å². The monoisotopic (exact) mass is 507 g/mol. The molecule has 0 saturated carbocycles. The fraction of sp³-hybridized carbons (Fsp3) is 0.217. The first-order valence-corrected chi connectivity index (χ1v) is 10.5. The number of rotatable bonds is 7. The predicted molar refractivity (Wildman–Crippen MR) is 125 cm³/mol. The predicted octanol–water partition coefficient (Wildman–Crippen LogP) is 6.76. The van der Waals surface area contributed by atoms with Crippen molar-refractivity contribution >= 4 is 39.9 Å². The summed E-state index contributed by atoms with van der Waals surface area (Å²) in [6.45, 7) is 5.31. The van der Waals surface area contributed by atoms with Gasteiger partial charge in [-0.25, -0.2) is 0 Å². The van der Waals surface area contributed by atoms with Crippen LogP contribution in [0.2, 0.25) is 5.02 Å². The molecule has 0 unspecified atom stereocenters. The van der Waals surface area contributed by atoms with E-state index in [1.54, 1.807) is 7.11 Å². The largest absolute Gasteiger partial charge is 0.493 e. The first kappa shape index (κ1) is 20.8. The molecule has 1 N–H and O–H groups in total. The lowest BCUT2D eigenvalue weighted by Crippen LogP contribution is -2.04. The summed E-state index contributed by atoms with van der Waals surface area (Å²) in [4.78, 5) is 0. The second-order valence-electron chi connectivity index (χ2n) is 6.66. The van der Waals surface area contributed by atoms with Gasteiger partial charge in [0.25, 0.3) is 0 Å². The van der Waals surface area contributed by atoms with Crippen molar-refractivity contribution in [2.45, 2.75) is 27.0 Å². The molecule has 3 aromatic rings. The molecule has 0 atom stereocenters. The summed E-state index contributed by atoms with van der Waals surface area (Å²) in [6.07, 6.45) is 0. The first-order valence-electron chi connectivity index (χ1n) is 9.01. The summed E-state index contributed by atoms with van der Waals surface area (Å²) in [5.74, 6) is 1.45. The molecule has 0 aliphatic carbocycles. The van der Waals surface area contributed by atoms with Gasteiger partial charge in [0.05, 0.1) is 10.7 Å². The maximum absolute atomic E-state index is 6.23. The lowest BCUT2D eigenvalue weighted by Gasteiger charge is -2.16. The van der Waals surface area contributed by atoms with Crippen LogP contribution in [0.25, 0.3) is 0 Å². The number of benzene rings is 3. The first-order chi connectivity index (χ1) is 13.5. The van der Waals surface area contributed by atoms with E-state index in [4.69, 9.17) is 21.1 Å². The molecular weight excluding hydrogens is 485 g/mol. The molecule has 0 saturated heterocycles. The quantitative estimate of drug-likeness (QED) is 0.358. The molecule has 0 aliphatic heterocycles. The molecule has 3 nitrogen and oxygen atoms in total. The Labute approximate surface area is 185 Å². The van der Waals surface area contributed by atoms with Crippen LogP contribution in [0.5, 0.6) is 11.5 Å². The van der Waals surface area contributed by atoms with Crippen LogP contribution in [-0.4, -0.2) is 7.11 Å². The van der Waals surface area contributed by atoms with E-state index in [9.17, 15) is 0 Å². The van der Waals surface area contributed by atoms with Crippen LogP contribution >= 0.6 is 34.2 Å². The van der Waals surface area contributed by atoms with Gasteiger partial charge < -0.3 is 14.8 Å². The van der Waals surface area contributed by atoms with Gasteiger partial charge >= 0.3 is 0 Å². The van der Waals surface area contributed by atoms with Gasteiger partial charge in [0.1, 0.15) is 6.61 Å². The van der Waals surface area contributed by atoms with E-state index in [1.165, 1.54) is 11.1 Å². The Morgan fingerprint density at radius 3 is 2.57 bits per heavy atom. The summed E-state index contributed by atoms with van der Waals surface area (Å²) >= 11 is 8.52. The average Bonchev–Trinajstić information content (AvgIpc) is 2.68. The minimum atomic E-state index is 0.395. The Hall–Kier alpha value is -1.92. The molecule has 0 fully saturated rings. The summed E-state index contributed by atoms with van der Waals surface area (Å²) < 4.78 is 12.6. The van der Waals surface area contributed by atoms with Crippen LogP contribution in [0.1, 0.15) is 22.3 Å². The SMILES string of the molecule is COc1cc(CNc2cc(C)ccc2C)cc(I)c1OCc1ccccc1Cl. The van der Waals surface area contributed by atoms with Gasteiger partial charge in [-0.2, -0.15) is 0 Å². The molecule has 0 radical (unpaired) electrons. The van der Waals surface area contributed by atoms with Crippen molar-refractivity contribution in [3.63, 3.8) is 0 Å². The maximum Gasteiger partial charge on any atom is 0.174 e. The highest BCUT2D eigenvalue weighted by Gasteiger charge is 2.13. The summed E-state index contributed by atoms with van der Waals surface area (Å²) in [5.41, 5.74) is 5.69. The normalized spacial score (nSPS) is 10.6. The van der Waals surface area contributed by atoms with E-state index in [0.717, 1.165) is 31.9 Å². The number of halogens is 2. The molecule has 0 bridgehead atoms. The van der Waals surface area contributed by atoms with Crippen LogP contribution in [0.4, 0.5) is 5.69 Å². The number of anilines is 1. The molecule has 3 rings (SSSR count). The zero-order chi connectivity index (χ0) is 20.1. The Morgan fingerprint density at radius 1 is 1.04 bits per heavy atom. The number of hydrogen-bond donors (Lipinski definition) is 1. The highest BCUT2D eigenvalue weighted by Crippen LogP contribution is 2.35. The van der Waals surface area contributed by atoms with Gasteiger partial charge in [0, 0.05) is 22.8 Å². The van der Waals surface area contributed by atoms with E-state index in [2.05, 4.69) is 66.0 Å². The van der Waals surface area contributed by atoms with Crippen molar-refractivity contribution < 1.29 is 9.47 Å². The topological polar surface area (TPSA) is 30.5 Å². The van der Waals surface area contributed by atoms with E-state index in [-0.39, 0.29) is 0 Å². The molecule has 0 amide bonds. The Morgan fingerprint density at radius 2 is 1.82 bits per heavy atom. The van der Waals surface area contributed by atoms with E-state index in [0.29, 0.717) is 18.2 Å². The lowest BCUT2D eigenvalue weighted by molar-refractivity contribution is 0.282. The van der Waals surface area contributed by atoms with Gasteiger partial charge in [0.15, 0.2) is 11.5 Å². The molecule has 0 heterocycles. The molecule has 0 spiro atoms. The third kappa shape index (κ3) is 5.11. The third-order valence-corrected chi connectivity index (χ3v) is 5.67.